The number of phosphoric acid groups is 1. The molecule has 1 amide bonds. The molecule has 9 heteroatoms. The van der Waals surface area contributed by atoms with Crippen LogP contribution in [0.5, 0.6) is 0 Å². The van der Waals surface area contributed by atoms with E-state index in [0.29, 0.717) is 12.8 Å². The Kier molecular flexibility index (Phi) is 33.7. The van der Waals surface area contributed by atoms with Crippen LogP contribution in [0.15, 0.2) is 60.8 Å². The zero-order chi connectivity index (χ0) is 35.4. The SMILES string of the molecule is CC/C=C\C/C=C\C/C=C\C/C=C\C/C=C\CCCCCC(=O)NC(COP(=O)(O)OCCN)C(O)CCCCCCCCCCCC. The molecule has 0 saturated heterocycles. The normalized spacial score (nSPS) is 15.0. The van der Waals surface area contributed by atoms with Crippen LogP contribution in [-0.4, -0.2) is 47.8 Å². The Morgan fingerprint density at radius 1 is 0.708 bits per heavy atom. The average molecular weight is 695 g/mol. The van der Waals surface area contributed by atoms with E-state index < -0.39 is 20.0 Å². The molecule has 0 aromatic rings. The van der Waals surface area contributed by atoms with Gasteiger partial charge >= 0.3 is 7.82 Å². The molecule has 5 N–H and O–H groups in total. The van der Waals surface area contributed by atoms with Crippen LogP contribution in [-0.2, 0) is 18.4 Å². The third kappa shape index (κ3) is 32.7. The maximum Gasteiger partial charge on any atom is 0.472 e. The van der Waals surface area contributed by atoms with Gasteiger partial charge in [-0.15, -0.1) is 0 Å². The van der Waals surface area contributed by atoms with Crippen LogP contribution in [0.2, 0.25) is 0 Å². The number of carbonyl (C=O) groups is 1. The van der Waals surface area contributed by atoms with Crippen molar-refractivity contribution < 1.29 is 28.4 Å². The fourth-order valence-corrected chi connectivity index (χ4v) is 5.80. The summed E-state index contributed by atoms with van der Waals surface area (Å²) in [6, 6.07) is -0.792. The van der Waals surface area contributed by atoms with Crippen molar-refractivity contribution in [3.05, 3.63) is 60.8 Å². The van der Waals surface area contributed by atoms with Crippen molar-refractivity contribution in [2.75, 3.05) is 19.8 Å². The maximum absolute atomic E-state index is 12.7. The molecular formula is C39H71N2O6P. The number of phosphoric ester groups is 1. The topological polar surface area (TPSA) is 131 Å². The molecule has 278 valence electrons. The van der Waals surface area contributed by atoms with E-state index in [1.54, 1.807) is 0 Å². The molecular weight excluding hydrogens is 623 g/mol. The van der Waals surface area contributed by atoms with Crippen molar-refractivity contribution in [3.8, 4) is 0 Å². The van der Waals surface area contributed by atoms with Crippen LogP contribution < -0.4 is 11.1 Å². The second kappa shape index (κ2) is 35.0. The summed E-state index contributed by atoms with van der Waals surface area (Å²) in [5.74, 6) is -0.198. The fraction of sp³-hybridized carbons (Fsp3) is 0.718. The fourth-order valence-electron chi connectivity index (χ4n) is 5.04. The zero-order valence-electron chi connectivity index (χ0n) is 30.5. The van der Waals surface area contributed by atoms with Crippen LogP contribution in [0.3, 0.4) is 0 Å². The number of carbonyl (C=O) groups excluding carboxylic acids is 1. The highest BCUT2D eigenvalue weighted by Crippen LogP contribution is 2.43. The number of nitrogens with two attached hydrogens (primary N) is 1. The molecule has 0 aliphatic heterocycles. The van der Waals surface area contributed by atoms with Crippen LogP contribution in [0, 0.1) is 0 Å². The Balaban J connectivity index is 4.31. The van der Waals surface area contributed by atoms with Gasteiger partial charge in [0.1, 0.15) is 0 Å². The van der Waals surface area contributed by atoms with E-state index in [1.807, 2.05) is 0 Å². The van der Waals surface area contributed by atoms with Crippen molar-refractivity contribution in [2.24, 2.45) is 5.73 Å². The van der Waals surface area contributed by atoms with Gasteiger partial charge in [-0.05, 0) is 57.8 Å². The van der Waals surface area contributed by atoms with Gasteiger partial charge in [-0.25, -0.2) is 4.57 Å². The molecule has 3 atom stereocenters. The van der Waals surface area contributed by atoms with E-state index in [1.165, 1.54) is 44.9 Å². The predicted molar refractivity (Wildman–Crippen MR) is 203 cm³/mol. The summed E-state index contributed by atoms with van der Waals surface area (Å²) < 4.78 is 22.0. The van der Waals surface area contributed by atoms with Crippen LogP contribution >= 0.6 is 7.82 Å². The van der Waals surface area contributed by atoms with E-state index in [-0.39, 0.29) is 25.7 Å². The summed E-state index contributed by atoms with van der Waals surface area (Å²) in [5, 5.41) is 13.7. The molecule has 0 spiro atoms. The molecule has 0 rings (SSSR count). The number of aliphatic hydroxyl groups is 1. The van der Waals surface area contributed by atoms with Gasteiger partial charge in [-0.2, -0.15) is 0 Å². The van der Waals surface area contributed by atoms with Crippen molar-refractivity contribution in [3.63, 3.8) is 0 Å². The summed E-state index contributed by atoms with van der Waals surface area (Å²) in [6.07, 6.45) is 42.3. The number of aliphatic hydroxyl groups excluding tert-OH is 1. The van der Waals surface area contributed by atoms with E-state index >= 15 is 0 Å². The number of allylic oxidation sites excluding steroid dienone is 10. The molecule has 0 radical (unpaired) electrons. The Bertz CT molecular complexity index is 933. The minimum Gasteiger partial charge on any atom is -0.391 e. The highest BCUT2D eigenvalue weighted by Gasteiger charge is 2.27. The van der Waals surface area contributed by atoms with Gasteiger partial charge < -0.3 is 21.1 Å². The van der Waals surface area contributed by atoms with E-state index in [2.05, 4.69) is 79.9 Å². The van der Waals surface area contributed by atoms with Crippen molar-refractivity contribution in [2.45, 2.75) is 161 Å². The number of rotatable bonds is 34. The highest BCUT2D eigenvalue weighted by molar-refractivity contribution is 7.47. The third-order valence-electron chi connectivity index (χ3n) is 7.89. The van der Waals surface area contributed by atoms with Gasteiger partial charge in [0.15, 0.2) is 0 Å². The lowest BCUT2D eigenvalue weighted by atomic mass is 10.0. The first-order valence-corrected chi connectivity index (χ1v) is 20.4. The summed E-state index contributed by atoms with van der Waals surface area (Å²) >= 11 is 0. The number of unbranched alkanes of at least 4 members (excludes halogenated alkanes) is 12. The largest absolute Gasteiger partial charge is 0.472 e. The number of amides is 1. The van der Waals surface area contributed by atoms with E-state index in [0.717, 1.165) is 77.0 Å². The molecule has 8 nitrogen and oxygen atoms in total. The zero-order valence-corrected chi connectivity index (χ0v) is 31.3. The molecule has 0 aromatic heterocycles. The Labute approximate surface area is 294 Å². The highest BCUT2D eigenvalue weighted by atomic mass is 31.2. The summed E-state index contributed by atoms with van der Waals surface area (Å²) in [7, 11) is -4.32. The van der Waals surface area contributed by atoms with Crippen molar-refractivity contribution >= 4 is 13.7 Å². The Hall–Kier alpha value is -1.80. The van der Waals surface area contributed by atoms with Crippen molar-refractivity contribution in [1.29, 1.82) is 0 Å². The lowest BCUT2D eigenvalue weighted by Crippen LogP contribution is -2.46. The molecule has 0 aromatic carbocycles. The van der Waals surface area contributed by atoms with Gasteiger partial charge in [0.25, 0.3) is 0 Å². The molecule has 0 saturated carbocycles. The summed E-state index contributed by atoms with van der Waals surface area (Å²) in [6.45, 7) is 4.02. The first-order valence-electron chi connectivity index (χ1n) is 18.9. The molecule has 0 aliphatic carbocycles. The minimum atomic E-state index is -4.32. The average Bonchev–Trinajstić information content (AvgIpc) is 3.07. The minimum absolute atomic E-state index is 0.0799. The summed E-state index contributed by atoms with van der Waals surface area (Å²) in [5.41, 5.74) is 5.35. The monoisotopic (exact) mass is 695 g/mol. The van der Waals surface area contributed by atoms with E-state index in [9.17, 15) is 19.4 Å². The predicted octanol–water partition coefficient (Wildman–Crippen LogP) is 9.94. The van der Waals surface area contributed by atoms with Gasteiger partial charge in [0.05, 0.1) is 25.4 Å². The standard InChI is InChI=1S/C39H71N2O6P/c1-3-5-7-9-11-13-15-16-17-18-19-20-21-22-23-25-27-29-31-33-39(43)41-37(36-47-48(44,45)46-35-34-40)38(42)32-30-28-26-24-14-12-10-8-6-4-2/h5,7,11,13,16-17,19-20,22-23,37-38,42H,3-4,6,8-10,12,14-15,18,21,24-36,40H2,1-2H3,(H,41,43)(H,44,45)/b7-5-,13-11-,17-16-,20-19-,23-22-. The molecule has 0 bridgehead atoms. The van der Waals surface area contributed by atoms with Crippen molar-refractivity contribution in [1.82, 2.24) is 5.32 Å². The smallest absolute Gasteiger partial charge is 0.391 e. The van der Waals surface area contributed by atoms with Gasteiger partial charge in [0.2, 0.25) is 5.91 Å². The number of nitrogens with one attached hydrogen (secondary N) is 1. The van der Waals surface area contributed by atoms with E-state index in [4.69, 9.17) is 14.8 Å². The quantitative estimate of drug-likeness (QED) is 0.0300. The first kappa shape index (κ1) is 46.2. The van der Waals surface area contributed by atoms with Gasteiger partial charge in [-0.1, -0.05) is 145 Å². The number of hydrogen-bond donors (Lipinski definition) is 4. The maximum atomic E-state index is 12.7. The molecule has 0 aliphatic rings. The first-order chi connectivity index (χ1) is 23.4. The molecule has 48 heavy (non-hydrogen) atoms. The van der Waals surface area contributed by atoms with Crippen LogP contribution in [0.4, 0.5) is 0 Å². The second-order valence-corrected chi connectivity index (χ2v) is 13.9. The van der Waals surface area contributed by atoms with Crippen LogP contribution in [0.25, 0.3) is 0 Å². The molecule has 3 unspecified atom stereocenters. The lowest BCUT2D eigenvalue weighted by molar-refractivity contribution is -0.123. The second-order valence-electron chi connectivity index (χ2n) is 12.4. The molecule has 0 heterocycles. The summed E-state index contributed by atoms with van der Waals surface area (Å²) in [4.78, 5) is 22.6. The van der Waals surface area contributed by atoms with Crippen LogP contribution in [0.1, 0.15) is 149 Å². The number of hydrogen-bond acceptors (Lipinski definition) is 6. The Morgan fingerprint density at radius 2 is 1.21 bits per heavy atom. The molecule has 0 fully saturated rings. The Morgan fingerprint density at radius 3 is 1.75 bits per heavy atom. The van der Waals surface area contributed by atoms with Gasteiger partial charge in [-0.3, -0.25) is 13.8 Å². The third-order valence-corrected chi connectivity index (χ3v) is 8.87. The van der Waals surface area contributed by atoms with Gasteiger partial charge in [0, 0.05) is 13.0 Å². The lowest BCUT2D eigenvalue weighted by Gasteiger charge is -2.25.